The van der Waals surface area contributed by atoms with Gasteiger partial charge >= 0.3 is 11.9 Å². The number of ether oxygens (including phenoxy) is 1. The summed E-state index contributed by atoms with van der Waals surface area (Å²) in [5.41, 5.74) is 0.864. The zero-order valence-corrected chi connectivity index (χ0v) is 9.14. The molecule has 0 aliphatic rings. The van der Waals surface area contributed by atoms with Crippen molar-refractivity contribution in [2.45, 2.75) is 6.92 Å². The van der Waals surface area contributed by atoms with Crippen molar-refractivity contribution in [3.05, 3.63) is 30.4 Å². The molecule has 0 radical (unpaired) electrons. The zero-order valence-electron chi connectivity index (χ0n) is 9.14. The number of aromatic nitrogens is 2. The third kappa shape index (κ3) is 1.84. The molecule has 0 fully saturated rings. The van der Waals surface area contributed by atoms with Crippen LogP contribution >= 0.6 is 0 Å². The highest BCUT2D eigenvalue weighted by Gasteiger charge is 2.15. The Morgan fingerprint density at radius 2 is 2.44 bits per heavy atom. The van der Waals surface area contributed by atoms with Crippen molar-refractivity contribution in [3.8, 4) is 11.5 Å². The van der Waals surface area contributed by atoms with E-state index >= 15 is 0 Å². The Bertz CT molecular complexity index is 499. The van der Waals surface area contributed by atoms with Crippen LogP contribution in [0.5, 0.6) is 0 Å². The number of hydrogen-bond acceptors (Lipinski definition) is 4. The Kier molecular flexibility index (Phi) is 2.76. The van der Waals surface area contributed by atoms with Crippen molar-refractivity contribution in [2.24, 2.45) is 7.05 Å². The molecule has 0 bridgehead atoms. The van der Waals surface area contributed by atoms with E-state index in [4.69, 9.17) is 9.15 Å². The maximum absolute atomic E-state index is 11.3. The molecule has 2 rings (SSSR count). The first-order valence-corrected chi connectivity index (χ1v) is 4.97. The van der Waals surface area contributed by atoms with Gasteiger partial charge in [0.2, 0.25) is 0 Å². The monoisotopic (exact) mass is 220 g/mol. The lowest BCUT2D eigenvalue weighted by atomic mass is 10.3. The van der Waals surface area contributed by atoms with E-state index in [1.54, 1.807) is 6.92 Å². The fourth-order valence-corrected chi connectivity index (χ4v) is 1.40. The molecule has 0 spiro atoms. The first kappa shape index (κ1) is 10.5. The molecule has 5 heteroatoms. The number of esters is 1. The minimum Gasteiger partial charge on any atom is -0.459 e. The van der Waals surface area contributed by atoms with Crippen molar-refractivity contribution in [1.29, 1.82) is 0 Å². The molecule has 0 aliphatic heterocycles. The van der Waals surface area contributed by atoms with Gasteiger partial charge in [-0.2, -0.15) is 0 Å². The van der Waals surface area contributed by atoms with E-state index in [0.29, 0.717) is 12.4 Å². The average Bonchev–Trinajstić information content (AvgIpc) is 2.86. The van der Waals surface area contributed by atoms with Crippen molar-refractivity contribution in [1.82, 2.24) is 9.55 Å². The molecule has 0 aromatic carbocycles. The summed E-state index contributed by atoms with van der Waals surface area (Å²) in [6, 6.07) is 3.78. The Labute approximate surface area is 92.7 Å². The van der Waals surface area contributed by atoms with Crippen molar-refractivity contribution >= 4 is 5.97 Å². The summed E-state index contributed by atoms with van der Waals surface area (Å²) in [6.45, 7) is 2.04. The lowest BCUT2D eigenvalue weighted by Gasteiger charge is -1.98. The summed E-state index contributed by atoms with van der Waals surface area (Å²) >= 11 is 0. The number of carbonyl (C=O) groups excluding carboxylic acids is 1. The van der Waals surface area contributed by atoms with Crippen molar-refractivity contribution in [2.75, 3.05) is 6.61 Å². The molecule has 0 saturated carbocycles. The number of aryl methyl sites for hydroxylation is 1. The molecule has 2 heterocycles. The average molecular weight is 220 g/mol. The van der Waals surface area contributed by atoms with Crippen LogP contribution in [-0.2, 0) is 11.8 Å². The number of rotatable bonds is 3. The standard InChI is InChI=1S/C11H12N2O3/c1-3-15-11(14)10-12-7-9(16-10)8-5-4-6-13(8)2/h4-7H,3H2,1-2H3. The quantitative estimate of drug-likeness (QED) is 0.741. The van der Waals surface area contributed by atoms with Crippen LogP contribution in [0.15, 0.2) is 28.9 Å². The van der Waals surface area contributed by atoms with Crippen LogP contribution in [-0.4, -0.2) is 22.1 Å². The molecule has 0 saturated heterocycles. The first-order chi connectivity index (χ1) is 7.72. The number of hydrogen-bond donors (Lipinski definition) is 0. The van der Waals surface area contributed by atoms with Crippen LogP contribution < -0.4 is 0 Å². The molecule has 84 valence electrons. The van der Waals surface area contributed by atoms with Gasteiger partial charge in [-0.25, -0.2) is 9.78 Å². The van der Waals surface area contributed by atoms with E-state index < -0.39 is 5.97 Å². The second-order valence-corrected chi connectivity index (χ2v) is 3.25. The van der Waals surface area contributed by atoms with Gasteiger partial charge in [0.25, 0.3) is 0 Å². The van der Waals surface area contributed by atoms with Crippen LogP contribution in [0.4, 0.5) is 0 Å². The molecule has 0 unspecified atom stereocenters. The van der Waals surface area contributed by atoms with Crippen molar-refractivity contribution < 1.29 is 13.9 Å². The number of oxazole rings is 1. The first-order valence-electron chi connectivity index (χ1n) is 4.97. The molecule has 0 amide bonds. The molecule has 0 atom stereocenters. The summed E-state index contributed by atoms with van der Waals surface area (Å²) in [5, 5.41) is 0. The van der Waals surface area contributed by atoms with E-state index in [1.165, 1.54) is 6.20 Å². The number of nitrogens with zero attached hydrogens (tertiary/aromatic N) is 2. The highest BCUT2D eigenvalue weighted by molar-refractivity contribution is 5.84. The van der Waals surface area contributed by atoms with Gasteiger partial charge in [-0.15, -0.1) is 0 Å². The Morgan fingerprint density at radius 1 is 1.62 bits per heavy atom. The minimum absolute atomic E-state index is 0.0157. The largest absolute Gasteiger partial charge is 0.459 e. The summed E-state index contributed by atoms with van der Waals surface area (Å²) in [7, 11) is 1.89. The third-order valence-electron chi connectivity index (χ3n) is 2.15. The fraction of sp³-hybridized carbons (Fsp3) is 0.273. The zero-order chi connectivity index (χ0) is 11.5. The predicted octanol–water partition coefficient (Wildman–Crippen LogP) is 1.86. The van der Waals surface area contributed by atoms with Crippen LogP contribution in [0.2, 0.25) is 0 Å². The van der Waals surface area contributed by atoms with Crippen LogP contribution in [0.25, 0.3) is 11.5 Å². The number of carbonyl (C=O) groups is 1. The van der Waals surface area contributed by atoms with Crippen LogP contribution in [0, 0.1) is 0 Å². The minimum atomic E-state index is -0.539. The topological polar surface area (TPSA) is 57.3 Å². The summed E-state index contributed by atoms with van der Waals surface area (Å²) < 4.78 is 12.0. The SMILES string of the molecule is CCOC(=O)c1ncc(-c2cccn2C)o1. The second kappa shape index (κ2) is 4.22. The van der Waals surface area contributed by atoms with Gasteiger partial charge < -0.3 is 13.7 Å². The van der Waals surface area contributed by atoms with Gasteiger partial charge in [0.1, 0.15) is 0 Å². The lowest BCUT2D eigenvalue weighted by Crippen LogP contribution is -2.04. The normalized spacial score (nSPS) is 10.4. The molecular weight excluding hydrogens is 208 g/mol. The molecule has 16 heavy (non-hydrogen) atoms. The highest BCUT2D eigenvalue weighted by Crippen LogP contribution is 2.20. The van der Waals surface area contributed by atoms with Gasteiger partial charge in [-0.1, -0.05) is 0 Å². The van der Waals surface area contributed by atoms with E-state index in [9.17, 15) is 4.79 Å². The molecular formula is C11H12N2O3. The Morgan fingerprint density at radius 3 is 3.06 bits per heavy atom. The smallest absolute Gasteiger partial charge is 0.394 e. The predicted molar refractivity (Wildman–Crippen MR) is 56.9 cm³/mol. The van der Waals surface area contributed by atoms with Crippen LogP contribution in [0.1, 0.15) is 17.6 Å². The molecule has 2 aromatic rings. The maximum Gasteiger partial charge on any atom is 0.394 e. The van der Waals surface area contributed by atoms with Gasteiger partial charge in [0.15, 0.2) is 5.76 Å². The Balaban J connectivity index is 2.26. The summed E-state index contributed by atoms with van der Waals surface area (Å²) in [6.07, 6.45) is 3.41. The maximum atomic E-state index is 11.3. The second-order valence-electron chi connectivity index (χ2n) is 3.25. The molecule has 0 N–H and O–H groups in total. The van der Waals surface area contributed by atoms with Crippen LogP contribution in [0.3, 0.4) is 0 Å². The van der Waals surface area contributed by atoms with Crippen molar-refractivity contribution in [3.63, 3.8) is 0 Å². The van der Waals surface area contributed by atoms with E-state index in [2.05, 4.69) is 4.98 Å². The molecule has 0 aliphatic carbocycles. The fourth-order valence-electron chi connectivity index (χ4n) is 1.40. The summed E-state index contributed by atoms with van der Waals surface area (Å²) in [4.78, 5) is 15.2. The van der Waals surface area contributed by atoms with Gasteiger partial charge in [0.05, 0.1) is 18.5 Å². The highest BCUT2D eigenvalue weighted by atomic mass is 16.5. The lowest BCUT2D eigenvalue weighted by molar-refractivity contribution is 0.0482. The van der Waals surface area contributed by atoms with E-state index in [1.807, 2.05) is 29.9 Å². The molecule has 2 aromatic heterocycles. The van der Waals surface area contributed by atoms with E-state index in [-0.39, 0.29) is 5.89 Å². The third-order valence-corrected chi connectivity index (χ3v) is 2.15. The van der Waals surface area contributed by atoms with Gasteiger partial charge in [-0.05, 0) is 19.1 Å². The molecule has 5 nitrogen and oxygen atoms in total. The Hall–Kier alpha value is -2.04. The summed E-state index contributed by atoms with van der Waals surface area (Å²) in [5.74, 6) is -0.00318. The van der Waals surface area contributed by atoms with Gasteiger partial charge in [0, 0.05) is 13.2 Å². The van der Waals surface area contributed by atoms with Gasteiger partial charge in [-0.3, -0.25) is 0 Å². The van der Waals surface area contributed by atoms with E-state index in [0.717, 1.165) is 5.69 Å².